The smallest absolute Gasteiger partial charge is 0.442 e. The Hall–Kier alpha value is -1.95. The van der Waals surface area contributed by atoms with Gasteiger partial charge in [-0.15, -0.1) is 0 Å². The maximum atomic E-state index is 12.8. The van der Waals surface area contributed by atoms with Crippen molar-refractivity contribution in [1.82, 2.24) is 0 Å². The number of ketones is 1. The van der Waals surface area contributed by atoms with Crippen LogP contribution in [0.2, 0.25) is 0 Å². The maximum Gasteiger partial charge on any atom is 0.442 e. The van der Waals surface area contributed by atoms with Crippen molar-refractivity contribution in [3.63, 3.8) is 0 Å². The number of halogens is 3. The third kappa shape index (κ3) is 4.27. The molecule has 0 bridgehead atoms. The quantitative estimate of drug-likeness (QED) is 0.733. The number of methoxy groups -OCH3 is 1. The molecule has 0 unspecified atom stereocenters. The molecule has 0 amide bonds. The van der Waals surface area contributed by atoms with Crippen molar-refractivity contribution >= 4 is 17.5 Å². The van der Waals surface area contributed by atoms with Crippen LogP contribution in [0.5, 0.6) is 5.75 Å². The minimum Gasteiger partial charge on any atom is -0.497 e. The lowest BCUT2D eigenvalue weighted by Gasteiger charge is -2.17. The molecule has 0 spiro atoms. The first-order valence-electron chi connectivity index (χ1n) is 6.38. The summed E-state index contributed by atoms with van der Waals surface area (Å²) in [6.45, 7) is 0. The zero-order valence-corrected chi connectivity index (χ0v) is 12.4. The molecule has 22 heavy (non-hydrogen) atoms. The van der Waals surface area contributed by atoms with E-state index in [2.05, 4.69) is 0 Å². The summed E-state index contributed by atoms with van der Waals surface area (Å²) in [4.78, 5) is 12.5. The van der Waals surface area contributed by atoms with Crippen LogP contribution >= 0.6 is 11.8 Å². The molecule has 116 valence electrons. The number of hydrogen-bond donors (Lipinski definition) is 0. The van der Waals surface area contributed by atoms with Crippen LogP contribution in [-0.4, -0.2) is 18.4 Å². The van der Waals surface area contributed by atoms with Crippen molar-refractivity contribution < 1.29 is 22.7 Å². The van der Waals surface area contributed by atoms with E-state index in [0.29, 0.717) is 11.3 Å². The van der Waals surface area contributed by atoms with Crippen LogP contribution < -0.4 is 4.74 Å². The van der Waals surface area contributed by atoms with Crippen molar-refractivity contribution in [3.05, 3.63) is 65.7 Å². The molecule has 2 rings (SSSR count). The predicted octanol–water partition coefficient (Wildman–Crippen LogP) is 4.87. The van der Waals surface area contributed by atoms with Gasteiger partial charge in [-0.3, -0.25) is 4.79 Å². The Balaban J connectivity index is 2.33. The zero-order chi connectivity index (χ0) is 16.2. The standard InChI is InChI=1S/C16H13F3O2S/c1-21-13-9-7-11(8-10-13)14(20)15(22-16(17,18)19)12-5-3-2-4-6-12/h2-10,15H,1H3/t15-/m0/s1. The van der Waals surface area contributed by atoms with Gasteiger partial charge < -0.3 is 4.74 Å². The van der Waals surface area contributed by atoms with E-state index in [4.69, 9.17) is 4.74 Å². The number of alkyl halides is 3. The first kappa shape index (κ1) is 16.4. The number of rotatable bonds is 5. The van der Waals surface area contributed by atoms with Gasteiger partial charge in [0.05, 0.1) is 7.11 Å². The van der Waals surface area contributed by atoms with Crippen LogP contribution in [0, 0.1) is 0 Å². The second-order valence-electron chi connectivity index (χ2n) is 4.45. The molecule has 0 radical (unpaired) electrons. The Morgan fingerprint density at radius 2 is 1.64 bits per heavy atom. The monoisotopic (exact) mass is 326 g/mol. The highest BCUT2D eigenvalue weighted by atomic mass is 32.2. The van der Waals surface area contributed by atoms with Crippen LogP contribution in [-0.2, 0) is 0 Å². The fourth-order valence-corrected chi connectivity index (χ4v) is 2.74. The molecule has 0 aliphatic carbocycles. The average molecular weight is 326 g/mol. The average Bonchev–Trinajstić information content (AvgIpc) is 2.52. The van der Waals surface area contributed by atoms with Gasteiger partial charge in [0.25, 0.3) is 0 Å². The van der Waals surface area contributed by atoms with Gasteiger partial charge >= 0.3 is 5.51 Å². The Labute approximate surface area is 130 Å². The minimum absolute atomic E-state index is 0.214. The summed E-state index contributed by atoms with van der Waals surface area (Å²) in [5, 5.41) is -1.32. The van der Waals surface area contributed by atoms with Gasteiger partial charge in [-0.1, -0.05) is 30.3 Å². The molecule has 0 aromatic heterocycles. The van der Waals surface area contributed by atoms with Gasteiger partial charge in [-0.25, -0.2) is 0 Å². The normalized spacial score (nSPS) is 12.7. The summed E-state index contributed by atoms with van der Waals surface area (Å²) in [7, 11) is 1.48. The fourth-order valence-electron chi connectivity index (χ4n) is 1.94. The van der Waals surface area contributed by atoms with Crippen LogP contribution in [0.25, 0.3) is 0 Å². The molecule has 0 heterocycles. The molecule has 0 saturated heterocycles. The summed E-state index contributed by atoms with van der Waals surface area (Å²) in [5.41, 5.74) is -3.96. The fraction of sp³-hybridized carbons (Fsp3) is 0.188. The van der Waals surface area contributed by atoms with Gasteiger partial charge in [0.1, 0.15) is 11.0 Å². The molecule has 2 aromatic rings. The molecule has 1 atom stereocenters. The third-order valence-corrected chi connectivity index (χ3v) is 3.96. The van der Waals surface area contributed by atoms with Gasteiger partial charge in [0, 0.05) is 5.56 Å². The predicted molar refractivity (Wildman–Crippen MR) is 80.2 cm³/mol. The molecule has 0 fully saturated rings. The van der Waals surface area contributed by atoms with Crippen molar-refractivity contribution in [2.45, 2.75) is 10.8 Å². The lowest BCUT2D eigenvalue weighted by Crippen LogP contribution is -2.15. The zero-order valence-electron chi connectivity index (χ0n) is 11.6. The van der Waals surface area contributed by atoms with E-state index >= 15 is 0 Å². The molecule has 0 saturated carbocycles. The number of carbonyl (C=O) groups is 1. The van der Waals surface area contributed by atoms with Crippen molar-refractivity contribution in [2.24, 2.45) is 0 Å². The summed E-state index contributed by atoms with van der Waals surface area (Å²) in [6.07, 6.45) is 0. The van der Waals surface area contributed by atoms with E-state index in [9.17, 15) is 18.0 Å². The van der Waals surface area contributed by atoms with Crippen LogP contribution in [0.1, 0.15) is 21.2 Å². The lowest BCUT2D eigenvalue weighted by molar-refractivity contribution is -0.0333. The van der Waals surface area contributed by atoms with E-state index in [1.54, 1.807) is 30.3 Å². The van der Waals surface area contributed by atoms with E-state index < -0.39 is 16.5 Å². The second-order valence-corrected chi connectivity index (χ2v) is 5.62. The molecule has 2 nitrogen and oxygen atoms in total. The number of thioether (sulfide) groups is 1. The Morgan fingerprint density at radius 3 is 2.14 bits per heavy atom. The van der Waals surface area contributed by atoms with E-state index in [0.717, 1.165) is 0 Å². The van der Waals surface area contributed by atoms with Crippen molar-refractivity contribution in [3.8, 4) is 5.75 Å². The first-order chi connectivity index (χ1) is 10.4. The Bertz CT molecular complexity index is 624. The number of ether oxygens (including phenoxy) is 1. The third-order valence-electron chi connectivity index (χ3n) is 2.97. The maximum absolute atomic E-state index is 12.8. The largest absolute Gasteiger partial charge is 0.497 e. The molecule has 0 aliphatic rings. The summed E-state index contributed by atoms with van der Waals surface area (Å²) in [5.74, 6) is -0.0486. The number of benzene rings is 2. The van der Waals surface area contributed by atoms with E-state index in [1.165, 1.54) is 31.4 Å². The number of Topliss-reactive ketones (excluding diaryl/α,β-unsaturated/α-hetero) is 1. The highest BCUT2D eigenvalue weighted by Crippen LogP contribution is 2.43. The van der Waals surface area contributed by atoms with Crippen LogP contribution in [0.4, 0.5) is 13.2 Å². The second kappa shape index (κ2) is 6.87. The summed E-state index contributed by atoms with van der Waals surface area (Å²) >= 11 is -0.313. The van der Waals surface area contributed by atoms with Crippen LogP contribution in [0.3, 0.4) is 0 Å². The highest BCUT2D eigenvalue weighted by Gasteiger charge is 2.37. The summed E-state index contributed by atoms with van der Waals surface area (Å²) < 4.78 is 43.3. The van der Waals surface area contributed by atoms with E-state index in [-0.39, 0.29) is 17.3 Å². The number of carbonyl (C=O) groups excluding carboxylic acids is 1. The minimum atomic E-state index is -4.50. The molecule has 2 aromatic carbocycles. The van der Waals surface area contributed by atoms with E-state index in [1.807, 2.05) is 0 Å². The molecular weight excluding hydrogens is 313 g/mol. The van der Waals surface area contributed by atoms with Gasteiger partial charge in [-0.2, -0.15) is 13.2 Å². The molecular formula is C16H13F3O2S. The SMILES string of the molecule is COc1ccc(C(=O)[C@@H](SC(F)(F)F)c2ccccc2)cc1. The Kier molecular flexibility index (Phi) is 5.13. The molecule has 0 N–H and O–H groups in total. The lowest BCUT2D eigenvalue weighted by atomic mass is 10.0. The topological polar surface area (TPSA) is 26.3 Å². The molecule has 0 aliphatic heterocycles. The van der Waals surface area contributed by atoms with Gasteiger partial charge in [0.2, 0.25) is 0 Å². The van der Waals surface area contributed by atoms with Crippen molar-refractivity contribution in [1.29, 1.82) is 0 Å². The van der Waals surface area contributed by atoms with Gasteiger partial charge in [-0.05, 0) is 41.6 Å². The Morgan fingerprint density at radius 1 is 1.05 bits per heavy atom. The van der Waals surface area contributed by atoms with Gasteiger partial charge in [0.15, 0.2) is 5.78 Å². The number of hydrogen-bond acceptors (Lipinski definition) is 3. The molecule has 6 heteroatoms. The van der Waals surface area contributed by atoms with Crippen LogP contribution in [0.15, 0.2) is 54.6 Å². The van der Waals surface area contributed by atoms with Crippen molar-refractivity contribution in [2.75, 3.05) is 7.11 Å². The summed E-state index contributed by atoms with van der Waals surface area (Å²) in [6, 6.07) is 14.0. The highest BCUT2D eigenvalue weighted by molar-refractivity contribution is 8.01. The first-order valence-corrected chi connectivity index (χ1v) is 7.26.